The highest BCUT2D eigenvalue weighted by Crippen LogP contribution is 2.27. The molecule has 0 aromatic heterocycles. The van der Waals surface area contributed by atoms with Gasteiger partial charge in [-0.05, 0) is 32.9 Å². The third kappa shape index (κ3) is 5.02. The van der Waals surface area contributed by atoms with E-state index in [2.05, 4.69) is 5.32 Å². The van der Waals surface area contributed by atoms with Gasteiger partial charge in [0.25, 0.3) is 0 Å². The summed E-state index contributed by atoms with van der Waals surface area (Å²) in [6, 6.07) is 4.29. The lowest BCUT2D eigenvalue weighted by Crippen LogP contribution is -2.49. The summed E-state index contributed by atoms with van der Waals surface area (Å²) in [6.07, 6.45) is -4.55. The standard InChI is InChI=1S/C16H21F3N2O3/c1-10-7-21(8-11(2)24-10)15(22)20-13-5-4-6-14(12(13)3)23-9-16(17,18)19/h4-6,10-11H,7-9H2,1-3H3,(H,20,22). The average molecular weight is 346 g/mol. The van der Waals surface area contributed by atoms with Crippen LogP contribution in [0.25, 0.3) is 0 Å². The molecule has 8 heteroatoms. The van der Waals surface area contributed by atoms with Crippen molar-refractivity contribution in [3.8, 4) is 5.75 Å². The molecule has 1 N–H and O–H groups in total. The second kappa shape index (κ2) is 7.29. The fraction of sp³-hybridized carbons (Fsp3) is 0.562. The lowest BCUT2D eigenvalue weighted by molar-refractivity contribution is -0.153. The first kappa shape index (κ1) is 18.4. The maximum Gasteiger partial charge on any atom is 0.422 e. The Kier molecular flexibility index (Phi) is 5.58. The number of hydrogen-bond acceptors (Lipinski definition) is 3. The number of nitrogens with one attached hydrogen (secondary N) is 1. The predicted octanol–water partition coefficient (Wildman–Crippen LogP) is 3.58. The number of ether oxygens (including phenoxy) is 2. The number of carbonyl (C=O) groups is 1. The minimum absolute atomic E-state index is 0.0675. The molecule has 0 bridgehead atoms. The van der Waals surface area contributed by atoms with Gasteiger partial charge >= 0.3 is 12.2 Å². The van der Waals surface area contributed by atoms with Gasteiger partial charge in [0.15, 0.2) is 6.61 Å². The molecule has 0 aliphatic carbocycles. The molecule has 1 aliphatic rings. The van der Waals surface area contributed by atoms with E-state index in [-0.39, 0.29) is 24.0 Å². The van der Waals surface area contributed by atoms with Gasteiger partial charge in [-0.25, -0.2) is 4.79 Å². The van der Waals surface area contributed by atoms with Crippen molar-refractivity contribution in [1.82, 2.24) is 4.90 Å². The summed E-state index contributed by atoms with van der Waals surface area (Å²) in [5.74, 6) is 0.0915. The summed E-state index contributed by atoms with van der Waals surface area (Å²) >= 11 is 0. The summed E-state index contributed by atoms with van der Waals surface area (Å²) in [4.78, 5) is 14.0. The molecule has 134 valence electrons. The zero-order valence-corrected chi connectivity index (χ0v) is 13.8. The van der Waals surface area contributed by atoms with E-state index >= 15 is 0 Å². The molecule has 1 saturated heterocycles. The van der Waals surface area contributed by atoms with Crippen LogP contribution < -0.4 is 10.1 Å². The van der Waals surface area contributed by atoms with Crippen molar-refractivity contribution in [2.75, 3.05) is 25.0 Å². The van der Waals surface area contributed by atoms with E-state index in [0.717, 1.165) is 0 Å². The Morgan fingerprint density at radius 3 is 2.54 bits per heavy atom. The van der Waals surface area contributed by atoms with Gasteiger partial charge in [0.2, 0.25) is 0 Å². The van der Waals surface area contributed by atoms with Crippen molar-refractivity contribution in [1.29, 1.82) is 0 Å². The van der Waals surface area contributed by atoms with Gasteiger partial charge in [-0.1, -0.05) is 6.07 Å². The van der Waals surface area contributed by atoms with Gasteiger partial charge in [-0.3, -0.25) is 0 Å². The smallest absolute Gasteiger partial charge is 0.422 e. The molecular weight excluding hydrogens is 325 g/mol. The normalized spacial score (nSPS) is 21.5. The maximum atomic E-state index is 12.4. The van der Waals surface area contributed by atoms with Crippen molar-refractivity contribution in [2.45, 2.75) is 39.2 Å². The highest BCUT2D eigenvalue weighted by Gasteiger charge is 2.29. The molecule has 0 saturated carbocycles. The summed E-state index contributed by atoms with van der Waals surface area (Å²) in [6.45, 7) is 4.91. The van der Waals surface area contributed by atoms with Gasteiger partial charge in [0.05, 0.1) is 12.2 Å². The van der Waals surface area contributed by atoms with Gasteiger partial charge in [0.1, 0.15) is 5.75 Å². The second-order valence-corrected chi connectivity index (χ2v) is 5.93. The SMILES string of the molecule is Cc1c(NC(=O)N2CC(C)OC(C)C2)cccc1OCC(F)(F)F. The van der Waals surface area contributed by atoms with Crippen molar-refractivity contribution in [3.05, 3.63) is 23.8 Å². The number of nitrogens with zero attached hydrogens (tertiary/aromatic N) is 1. The Labute approximate surface area is 138 Å². The average Bonchev–Trinajstić information content (AvgIpc) is 2.46. The number of urea groups is 1. The number of alkyl halides is 3. The summed E-state index contributed by atoms with van der Waals surface area (Å²) in [7, 11) is 0. The maximum absolute atomic E-state index is 12.4. The lowest BCUT2D eigenvalue weighted by atomic mass is 10.2. The van der Waals surface area contributed by atoms with Crippen LogP contribution in [0.3, 0.4) is 0 Å². The molecule has 24 heavy (non-hydrogen) atoms. The molecule has 1 aliphatic heterocycles. The summed E-state index contributed by atoms with van der Waals surface area (Å²) in [5.41, 5.74) is 0.871. The van der Waals surface area contributed by atoms with Crippen LogP contribution >= 0.6 is 0 Å². The fourth-order valence-corrected chi connectivity index (χ4v) is 2.60. The van der Waals surface area contributed by atoms with Gasteiger partial charge < -0.3 is 19.7 Å². The van der Waals surface area contributed by atoms with E-state index < -0.39 is 12.8 Å². The third-order valence-corrected chi connectivity index (χ3v) is 3.62. The van der Waals surface area contributed by atoms with Crippen LogP contribution in [0.1, 0.15) is 19.4 Å². The molecule has 2 rings (SSSR count). The van der Waals surface area contributed by atoms with E-state index in [0.29, 0.717) is 24.3 Å². The Morgan fingerprint density at radius 1 is 1.33 bits per heavy atom. The van der Waals surface area contributed by atoms with Crippen LogP contribution in [0, 0.1) is 6.92 Å². The Bertz CT molecular complexity index is 582. The number of morpholine rings is 1. The zero-order valence-electron chi connectivity index (χ0n) is 13.8. The molecule has 2 unspecified atom stereocenters. The van der Waals surface area contributed by atoms with Crippen LogP contribution in [-0.4, -0.2) is 49.0 Å². The number of anilines is 1. The number of rotatable bonds is 3. The monoisotopic (exact) mass is 346 g/mol. The van der Waals surface area contributed by atoms with E-state index in [1.165, 1.54) is 6.07 Å². The van der Waals surface area contributed by atoms with Crippen LogP contribution in [0.2, 0.25) is 0 Å². The molecule has 5 nitrogen and oxygen atoms in total. The Balaban J connectivity index is 2.05. The van der Waals surface area contributed by atoms with Crippen LogP contribution in [-0.2, 0) is 4.74 Å². The molecule has 1 aromatic rings. The Hall–Kier alpha value is -1.96. The molecule has 2 amide bonds. The second-order valence-electron chi connectivity index (χ2n) is 5.93. The van der Waals surface area contributed by atoms with Gasteiger partial charge in [0, 0.05) is 24.3 Å². The molecular formula is C16H21F3N2O3. The van der Waals surface area contributed by atoms with E-state index in [1.54, 1.807) is 24.0 Å². The molecule has 0 radical (unpaired) electrons. The molecule has 2 atom stereocenters. The lowest BCUT2D eigenvalue weighted by Gasteiger charge is -2.35. The third-order valence-electron chi connectivity index (χ3n) is 3.62. The number of carbonyl (C=O) groups excluding carboxylic acids is 1. The highest BCUT2D eigenvalue weighted by atomic mass is 19.4. The minimum Gasteiger partial charge on any atom is -0.484 e. The van der Waals surface area contributed by atoms with Crippen molar-refractivity contribution < 1.29 is 27.4 Å². The molecule has 0 spiro atoms. The van der Waals surface area contributed by atoms with E-state index in [1.807, 2.05) is 13.8 Å². The van der Waals surface area contributed by atoms with Crippen molar-refractivity contribution in [3.63, 3.8) is 0 Å². The number of amides is 2. The molecule has 1 heterocycles. The summed E-state index contributed by atoms with van der Waals surface area (Å²) in [5, 5.41) is 2.73. The minimum atomic E-state index is -4.41. The summed E-state index contributed by atoms with van der Waals surface area (Å²) < 4.78 is 47.2. The van der Waals surface area contributed by atoms with Gasteiger partial charge in [-0.15, -0.1) is 0 Å². The molecule has 1 fully saturated rings. The van der Waals surface area contributed by atoms with E-state index in [9.17, 15) is 18.0 Å². The topological polar surface area (TPSA) is 50.8 Å². The number of benzene rings is 1. The number of halogens is 3. The highest BCUT2D eigenvalue weighted by molar-refractivity contribution is 5.90. The molecule has 1 aromatic carbocycles. The van der Waals surface area contributed by atoms with Crippen molar-refractivity contribution in [2.24, 2.45) is 0 Å². The first-order chi connectivity index (χ1) is 11.2. The fourth-order valence-electron chi connectivity index (χ4n) is 2.60. The number of hydrogen-bond donors (Lipinski definition) is 1. The largest absolute Gasteiger partial charge is 0.484 e. The zero-order chi connectivity index (χ0) is 17.9. The first-order valence-electron chi connectivity index (χ1n) is 7.66. The van der Waals surface area contributed by atoms with Crippen LogP contribution in [0.4, 0.5) is 23.7 Å². The predicted molar refractivity (Wildman–Crippen MR) is 83.3 cm³/mol. The first-order valence-corrected chi connectivity index (χ1v) is 7.66. The van der Waals surface area contributed by atoms with Crippen molar-refractivity contribution >= 4 is 11.7 Å². The Morgan fingerprint density at radius 2 is 1.96 bits per heavy atom. The van der Waals surface area contributed by atoms with Crippen LogP contribution in [0.15, 0.2) is 18.2 Å². The quantitative estimate of drug-likeness (QED) is 0.910. The van der Waals surface area contributed by atoms with Gasteiger partial charge in [-0.2, -0.15) is 13.2 Å². The van der Waals surface area contributed by atoms with Crippen LogP contribution in [0.5, 0.6) is 5.75 Å². The van der Waals surface area contributed by atoms with E-state index in [4.69, 9.17) is 9.47 Å².